The molecule has 124 valence electrons. The first-order valence-electron chi connectivity index (χ1n) is 8.55. The SMILES string of the molecule is O=C(N1CCN(c2ccccc2F)CC1)C1(c2ccccc2)CC1. The molecule has 0 atom stereocenters. The van der Waals surface area contributed by atoms with Gasteiger partial charge in [-0.25, -0.2) is 4.39 Å². The highest BCUT2D eigenvalue weighted by Crippen LogP contribution is 2.49. The number of benzene rings is 2. The van der Waals surface area contributed by atoms with Crippen molar-refractivity contribution in [2.45, 2.75) is 18.3 Å². The van der Waals surface area contributed by atoms with E-state index in [1.807, 2.05) is 34.1 Å². The van der Waals surface area contributed by atoms with Crippen LogP contribution in [0.25, 0.3) is 0 Å². The summed E-state index contributed by atoms with van der Waals surface area (Å²) in [5.41, 5.74) is 1.46. The van der Waals surface area contributed by atoms with Gasteiger partial charge in [-0.15, -0.1) is 0 Å². The van der Waals surface area contributed by atoms with Crippen molar-refractivity contribution >= 4 is 11.6 Å². The molecule has 0 spiro atoms. The molecule has 0 N–H and O–H groups in total. The molecule has 2 fully saturated rings. The van der Waals surface area contributed by atoms with E-state index in [9.17, 15) is 9.18 Å². The molecule has 0 bridgehead atoms. The lowest BCUT2D eigenvalue weighted by atomic mass is 9.94. The maximum atomic E-state index is 13.9. The molecule has 1 saturated heterocycles. The second-order valence-electron chi connectivity index (χ2n) is 6.68. The summed E-state index contributed by atoms with van der Waals surface area (Å²) in [5.74, 6) is 0.0436. The first kappa shape index (κ1) is 15.2. The third-order valence-electron chi connectivity index (χ3n) is 5.25. The number of piperazine rings is 1. The van der Waals surface area contributed by atoms with Crippen molar-refractivity contribution in [3.8, 4) is 0 Å². The van der Waals surface area contributed by atoms with Crippen molar-refractivity contribution in [3.05, 3.63) is 66.0 Å². The second kappa shape index (κ2) is 5.93. The number of hydrogen-bond acceptors (Lipinski definition) is 2. The Hall–Kier alpha value is -2.36. The number of carbonyl (C=O) groups excluding carboxylic acids is 1. The Morgan fingerprint density at radius 3 is 2.12 bits per heavy atom. The highest BCUT2D eigenvalue weighted by Gasteiger charge is 2.53. The molecule has 0 aromatic heterocycles. The number of carbonyl (C=O) groups is 1. The van der Waals surface area contributed by atoms with Crippen LogP contribution in [0.5, 0.6) is 0 Å². The second-order valence-corrected chi connectivity index (χ2v) is 6.68. The number of halogens is 1. The van der Waals surface area contributed by atoms with Gasteiger partial charge in [0.15, 0.2) is 0 Å². The molecule has 24 heavy (non-hydrogen) atoms. The monoisotopic (exact) mass is 324 g/mol. The highest BCUT2D eigenvalue weighted by molar-refractivity contribution is 5.91. The van der Waals surface area contributed by atoms with Crippen LogP contribution in [0.15, 0.2) is 54.6 Å². The zero-order chi connectivity index (χ0) is 16.6. The van der Waals surface area contributed by atoms with E-state index < -0.39 is 0 Å². The minimum absolute atomic E-state index is 0.194. The van der Waals surface area contributed by atoms with E-state index in [4.69, 9.17) is 0 Å². The molecule has 1 aliphatic heterocycles. The molecule has 1 heterocycles. The molecule has 3 nitrogen and oxygen atoms in total. The van der Waals surface area contributed by atoms with Crippen molar-refractivity contribution in [3.63, 3.8) is 0 Å². The fraction of sp³-hybridized carbons (Fsp3) is 0.350. The van der Waals surface area contributed by atoms with Crippen molar-refractivity contribution in [2.75, 3.05) is 31.1 Å². The Kier molecular flexibility index (Phi) is 3.75. The van der Waals surface area contributed by atoms with Crippen molar-refractivity contribution in [1.29, 1.82) is 0 Å². The largest absolute Gasteiger partial charge is 0.366 e. The summed E-state index contributed by atoms with van der Waals surface area (Å²) < 4.78 is 13.9. The van der Waals surface area contributed by atoms with Crippen LogP contribution in [0, 0.1) is 5.82 Å². The summed E-state index contributed by atoms with van der Waals surface area (Å²) in [5, 5.41) is 0. The van der Waals surface area contributed by atoms with E-state index in [2.05, 4.69) is 12.1 Å². The molecule has 2 aliphatic rings. The van der Waals surface area contributed by atoms with E-state index in [0.717, 1.165) is 18.4 Å². The number of amides is 1. The minimum atomic E-state index is -0.304. The minimum Gasteiger partial charge on any atom is -0.366 e. The maximum Gasteiger partial charge on any atom is 0.233 e. The topological polar surface area (TPSA) is 23.6 Å². The van der Waals surface area contributed by atoms with Crippen LogP contribution in [0.3, 0.4) is 0 Å². The van der Waals surface area contributed by atoms with Crippen molar-refractivity contribution in [2.24, 2.45) is 0 Å². The van der Waals surface area contributed by atoms with Crippen molar-refractivity contribution < 1.29 is 9.18 Å². The van der Waals surface area contributed by atoms with E-state index in [0.29, 0.717) is 31.9 Å². The molecular formula is C20H21FN2O. The maximum absolute atomic E-state index is 13.9. The zero-order valence-electron chi connectivity index (χ0n) is 13.6. The Balaban J connectivity index is 1.45. The van der Waals surface area contributed by atoms with Crippen molar-refractivity contribution in [1.82, 2.24) is 4.90 Å². The van der Waals surface area contributed by atoms with Crippen LogP contribution >= 0.6 is 0 Å². The lowest BCUT2D eigenvalue weighted by Crippen LogP contribution is -2.51. The normalized spacial score (nSPS) is 19.2. The van der Waals surface area contributed by atoms with Gasteiger partial charge in [0.25, 0.3) is 0 Å². The van der Waals surface area contributed by atoms with Gasteiger partial charge in [-0.1, -0.05) is 42.5 Å². The molecule has 4 rings (SSSR count). The Morgan fingerprint density at radius 1 is 0.875 bits per heavy atom. The van der Waals surface area contributed by atoms with Gasteiger partial charge >= 0.3 is 0 Å². The van der Waals surface area contributed by atoms with Gasteiger partial charge in [-0.2, -0.15) is 0 Å². The van der Waals surface area contributed by atoms with E-state index in [1.165, 1.54) is 6.07 Å². The third-order valence-corrected chi connectivity index (χ3v) is 5.25. The average molecular weight is 324 g/mol. The standard InChI is InChI=1S/C20H21FN2O/c21-17-8-4-5-9-18(17)22-12-14-23(15-13-22)19(24)20(10-11-20)16-6-2-1-3-7-16/h1-9H,10-15H2. The number of nitrogens with zero attached hydrogens (tertiary/aromatic N) is 2. The van der Waals surface area contributed by atoms with E-state index in [-0.39, 0.29) is 17.1 Å². The van der Waals surface area contributed by atoms with Gasteiger partial charge in [0.05, 0.1) is 11.1 Å². The molecule has 1 amide bonds. The molecule has 4 heteroatoms. The van der Waals surface area contributed by atoms with E-state index in [1.54, 1.807) is 12.1 Å². The summed E-state index contributed by atoms with van der Waals surface area (Å²) in [6.45, 7) is 2.67. The molecule has 1 aliphatic carbocycles. The molecule has 0 unspecified atom stereocenters. The Morgan fingerprint density at radius 2 is 1.50 bits per heavy atom. The number of hydrogen-bond donors (Lipinski definition) is 0. The average Bonchev–Trinajstić information content (AvgIpc) is 3.44. The van der Waals surface area contributed by atoms with Crippen LogP contribution in [-0.2, 0) is 10.2 Å². The summed E-state index contributed by atoms with van der Waals surface area (Å²) in [4.78, 5) is 17.0. The van der Waals surface area contributed by atoms with Crippen LogP contribution in [0.4, 0.5) is 10.1 Å². The predicted octanol–water partition coefficient (Wildman–Crippen LogP) is 3.21. The molecular weight excluding hydrogens is 303 g/mol. The van der Waals surface area contributed by atoms with E-state index >= 15 is 0 Å². The lowest BCUT2D eigenvalue weighted by Gasteiger charge is -2.38. The molecule has 2 aromatic carbocycles. The van der Waals surface area contributed by atoms with Crippen LogP contribution in [0.1, 0.15) is 18.4 Å². The quantitative estimate of drug-likeness (QED) is 0.865. The highest BCUT2D eigenvalue weighted by atomic mass is 19.1. The smallest absolute Gasteiger partial charge is 0.233 e. The molecule has 2 aromatic rings. The fourth-order valence-corrected chi connectivity index (χ4v) is 3.67. The molecule has 0 radical (unpaired) electrons. The Labute approximate surface area is 141 Å². The first-order valence-corrected chi connectivity index (χ1v) is 8.55. The fourth-order valence-electron chi connectivity index (χ4n) is 3.67. The zero-order valence-corrected chi connectivity index (χ0v) is 13.6. The van der Waals surface area contributed by atoms with Gasteiger partial charge in [0, 0.05) is 26.2 Å². The van der Waals surface area contributed by atoms with Gasteiger partial charge in [0.1, 0.15) is 5.82 Å². The van der Waals surface area contributed by atoms with Crippen LogP contribution in [0.2, 0.25) is 0 Å². The predicted molar refractivity (Wildman–Crippen MR) is 92.5 cm³/mol. The Bertz CT molecular complexity index is 734. The summed E-state index contributed by atoms with van der Waals surface area (Å²) >= 11 is 0. The van der Waals surface area contributed by atoms with Gasteiger partial charge in [-0.3, -0.25) is 4.79 Å². The summed E-state index contributed by atoms with van der Waals surface area (Å²) in [6.07, 6.45) is 1.87. The van der Waals surface area contributed by atoms with Gasteiger partial charge < -0.3 is 9.80 Å². The number of rotatable bonds is 3. The first-order chi connectivity index (χ1) is 11.7. The third kappa shape index (κ3) is 2.56. The lowest BCUT2D eigenvalue weighted by molar-refractivity contribution is -0.134. The van der Waals surface area contributed by atoms with Gasteiger partial charge in [-0.05, 0) is 30.5 Å². The summed E-state index contributed by atoms with van der Waals surface area (Å²) in [7, 11) is 0. The molecule has 1 saturated carbocycles. The number of para-hydroxylation sites is 1. The van der Waals surface area contributed by atoms with Crippen LogP contribution < -0.4 is 4.90 Å². The number of anilines is 1. The van der Waals surface area contributed by atoms with Gasteiger partial charge in [0.2, 0.25) is 5.91 Å². The summed E-state index contributed by atoms with van der Waals surface area (Å²) in [6, 6.07) is 16.9. The van der Waals surface area contributed by atoms with Crippen LogP contribution in [-0.4, -0.2) is 37.0 Å².